The highest BCUT2D eigenvalue weighted by atomic mass is 19.3. The van der Waals surface area contributed by atoms with Crippen LogP contribution in [0.3, 0.4) is 0 Å². The molecule has 0 saturated carbocycles. The molecule has 0 unspecified atom stereocenters. The number of nitrogens with zero attached hydrogens (tertiary/aromatic N) is 2. The largest absolute Gasteiger partial charge is 0.433 e. The number of alkyl halides is 2. The molecule has 1 aromatic heterocycles. The second-order valence-corrected chi connectivity index (χ2v) is 5.57. The average molecular weight is 336 g/mol. The van der Waals surface area contributed by atoms with Crippen molar-refractivity contribution < 1.29 is 18.3 Å². The Bertz CT molecular complexity index is 670. The number of piperidine rings is 1. The number of aromatic nitrogens is 2. The number of urea groups is 1. The number of amides is 2. The third-order valence-corrected chi connectivity index (χ3v) is 4.09. The smallest absolute Gasteiger partial charge is 0.387 e. The Morgan fingerprint density at radius 1 is 1.33 bits per heavy atom. The molecule has 2 heterocycles. The molecule has 0 radical (unpaired) electrons. The van der Waals surface area contributed by atoms with Crippen LogP contribution in [0.5, 0.6) is 5.75 Å². The lowest BCUT2D eigenvalue weighted by atomic mass is 9.94. The van der Waals surface area contributed by atoms with Crippen LogP contribution in [-0.4, -0.2) is 40.6 Å². The molecule has 0 spiro atoms. The molecule has 2 N–H and O–H groups in total. The number of benzene rings is 1. The molecule has 3 rings (SSSR count). The number of para-hydroxylation sites is 2. The van der Waals surface area contributed by atoms with Gasteiger partial charge in [0, 0.05) is 30.9 Å². The van der Waals surface area contributed by atoms with E-state index in [-0.39, 0.29) is 17.5 Å². The van der Waals surface area contributed by atoms with Gasteiger partial charge < -0.3 is 19.9 Å². The van der Waals surface area contributed by atoms with Crippen LogP contribution < -0.4 is 10.1 Å². The van der Waals surface area contributed by atoms with Gasteiger partial charge in [-0.3, -0.25) is 0 Å². The molecule has 2 amide bonds. The summed E-state index contributed by atoms with van der Waals surface area (Å²) in [7, 11) is 0. The molecule has 1 aliphatic rings. The highest BCUT2D eigenvalue weighted by molar-refractivity contribution is 5.91. The molecule has 1 saturated heterocycles. The number of ether oxygens (including phenoxy) is 1. The molecule has 1 aliphatic heterocycles. The molecular weight excluding hydrogens is 318 g/mol. The summed E-state index contributed by atoms with van der Waals surface area (Å²) in [4.78, 5) is 21.1. The predicted molar refractivity (Wildman–Crippen MR) is 84.2 cm³/mol. The third kappa shape index (κ3) is 3.81. The van der Waals surface area contributed by atoms with Crippen molar-refractivity contribution >= 4 is 11.7 Å². The first-order chi connectivity index (χ1) is 11.6. The number of aromatic amines is 1. The van der Waals surface area contributed by atoms with Crippen molar-refractivity contribution in [3.8, 4) is 5.75 Å². The quantitative estimate of drug-likeness (QED) is 0.899. The summed E-state index contributed by atoms with van der Waals surface area (Å²) in [6, 6.07) is 5.84. The zero-order valence-corrected chi connectivity index (χ0v) is 12.9. The van der Waals surface area contributed by atoms with Crippen LogP contribution in [0, 0.1) is 0 Å². The lowest BCUT2D eigenvalue weighted by Crippen LogP contribution is -2.40. The van der Waals surface area contributed by atoms with E-state index in [1.54, 1.807) is 29.6 Å². The van der Waals surface area contributed by atoms with Gasteiger partial charge in [-0.2, -0.15) is 8.78 Å². The summed E-state index contributed by atoms with van der Waals surface area (Å²) in [6.45, 7) is -1.76. The molecule has 1 aromatic carbocycles. The Labute approximate surface area is 137 Å². The van der Waals surface area contributed by atoms with Crippen LogP contribution in [0.1, 0.15) is 24.5 Å². The van der Waals surface area contributed by atoms with Crippen molar-refractivity contribution in [3.63, 3.8) is 0 Å². The summed E-state index contributed by atoms with van der Waals surface area (Å²) in [6.07, 6.45) is 5.10. The molecule has 6 nitrogen and oxygen atoms in total. The van der Waals surface area contributed by atoms with E-state index in [0.29, 0.717) is 19.0 Å². The Balaban J connectivity index is 1.58. The van der Waals surface area contributed by atoms with Gasteiger partial charge in [-0.25, -0.2) is 9.78 Å². The maximum atomic E-state index is 12.4. The predicted octanol–water partition coefficient (Wildman–Crippen LogP) is 3.42. The van der Waals surface area contributed by atoms with Crippen molar-refractivity contribution in [2.45, 2.75) is 25.4 Å². The standard InChI is InChI=1S/C16H18F2N4O2/c17-15(18)24-14-4-2-1-3-12(14)21-16(23)22-7-5-11(6-8-22)13-9-19-10-20-13/h1-4,9-11,15H,5-8H2,(H,19,20)(H,21,23). The lowest BCUT2D eigenvalue weighted by Gasteiger charge is -2.31. The van der Waals surface area contributed by atoms with Crippen LogP contribution in [-0.2, 0) is 0 Å². The highest BCUT2D eigenvalue weighted by Gasteiger charge is 2.25. The Morgan fingerprint density at radius 2 is 2.08 bits per heavy atom. The zero-order valence-electron chi connectivity index (χ0n) is 12.9. The van der Waals surface area contributed by atoms with Crippen molar-refractivity contribution in [2.75, 3.05) is 18.4 Å². The Kier molecular flexibility index (Phi) is 4.93. The second-order valence-electron chi connectivity index (χ2n) is 5.57. The van der Waals surface area contributed by atoms with Gasteiger partial charge in [-0.05, 0) is 25.0 Å². The van der Waals surface area contributed by atoms with E-state index in [1.807, 2.05) is 0 Å². The number of H-pyrrole nitrogens is 1. The van der Waals surface area contributed by atoms with Crippen molar-refractivity contribution in [1.82, 2.24) is 14.9 Å². The normalized spacial score (nSPS) is 15.5. The Hall–Kier alpha value is -2.64. The maximum absolute atomic E-state index is 12.4. The van der Waals surface area contributed by atoms with Crippen LogP contribution in [0.15, 0.2) is 36.8 Å². The summed E-state index contributed by atoms with van der Waals surface area (Å²) < 4.78 is 29.3. The van der Waals surface area contributed by atoms with E-state index in [0.717, 1.165) is 18.5 Å². The Morgan fingerprint density at radius 3 is 2.75 bits per heavy atom. The van der Waals surface area contributed by atoms with E-state index in [4.69, 9.17) is 0 Å². The van der Waals surface area contributed by atoms with Crippen molar-refractivity contribution in [3.05, 3.63) is 42.5 Å². The number of anilines is 1. The average Bonchev–Trinajstić information content (AvgIpc) is 3.11. The monoisotopic (exact) mass is 336 g/mol. The summed E-state index contributed by atoms with van der Waals surface area (Å²) in [5.74, 6) is 0.305. The van der Waals surface area contributed by atoms with Gasteiger partial charge in [-0.1, -0.05) is 12.1 Å². The van der Waals surface area contributed by atoms with E-state index < -0.39 is 6.61 Å². The van der Waals surface area contributed by atoms with Crippen LogP contribution in [0.2, 0.25) is 0 Å². The van der Waals surface area contributed by atoms with Crippen LogP contribution in [0.4, 0.5) is 19.3 Å². The fraction of sp³-hybridized carbons (Fsp3) is 0.375. The number of hydrogen-bond donors (Lipinski definition) is 2. The molecule has 1 fully saturated rings. The minimum atomic E-state index is -2.94. The first-order valence-corrected chi connectivity index (χ1v) is 7.71. The number of carbonyl (C=O) groups excluding carboxylic acids is 1. The molecule has 128 valence electrons. The van der Waals surface area contributed by atoms with Crippen LogP contribution in [0.25, 0.3) is 0 Å². The summed E-state index contributed by atoms with van der Waals surface area (Å²) in [5, 5.41) is 2.64. The van der Waals surface area contributed by atoms with E-state index in [1.165, 1.54) is 12.1 Å². The fourth-order valence-electron chi connectivity index (χ4n) is 2.85. The van der Waals surface area contributed by atoms with E-state index in [2.05, 4.69) is 20.0 Å². The minimum absolute atomic E-state index is 0.0480. The van der Waals surface area contributed by atoms with Gasteiger partial charge in [0.1, 0.15) is 5.75 Å². The van der Waals surface area contributed by atoms with Gasteiger partial charge in [0.2, 0.25) is 0 Å². The van der Waals surface area contributed by atoms with Gasteiger partial charge >= 0.3 is 12.6 Å². The topological polar surface area (TPSA) is 70.2 Å². The second kappa shape index (κ2) is 7.29. The number of imidazole rings is 1. The number of halogens is 2. The molecule has 0 aliphatic carbocycles. The summed E-state index contributed by atoms with van der Waals surface area (Å²) in [5.41, 5.74) is 1.31. The summed E-state index contributed by atoms with van der Waals surface area (Å²) >= 11 is 0. The number of hydrogen-bond acceptors (Lipinski definition) is 3. The van der Waals surface area contributed by atoms with Crippen molar-refractivity contribution in [2.24, 2.45) is 0 Å². The maximum Gasteiger partial charge on any atom is 0.387 e. The fourth-order valence-corrected chi connectivity index (χ4v) is 2.85. The van der Waals surface area contributed by atoms with Gasteiger partial charge in [-0.15, -0.1) is 0 Å². The highest BCUT2D eigenvalue weighted by Crippen LogP contribution is 2.28. The van der Waals surface area contributed by atoms with Gasteiger partial charge in [0.15, 0.2) is 0 Å². The molecule has 8 heteroatoms. The molecule has 0 atom stereocenters. The van der Waals surface area contributed by atoms with Gasteiger partial charge in [0.05, 0.1) is 12.0 Å². The molecule has 0 bridgehead atoms. The number of nitrogens with one attached hydrogen (secondary N) is 2. The van der Waals surface area contributed by atoms with Crippen molar-refractivity contribution in [1.29, 1.82) is 0 Å². The first-order valence-electron chi connectivity index (χ1n) is 7.71. The number of likely N-dealkylation sites (tertiary alicyclic amines) is 1. The number of carbonyl (C=O) groups is 1. The number of rotatable bonds is 4. The van der Waals surface area contributed by atoms with Crippen LogP contribution >= 0.6 is 0 Å². The minimum Gasteiger partial charge on any atom is -0.433 e. The lowest BCUT2D eigenvalue weighted by molar-refractivity contribution is -0.0493. The zero-order chi connectivity index (χ0) is 16.9. The van der Waals surface area contributed by atoms with Gasteiger partial charge in [0.25, 0.3) is 0 Å². The van der Waals surface area contributed by atoms with E-state index >= 15 is 0 Å². The van der Waals surface area contributed by atoms with E-state index in [9.17, 15) is 13.6 Å². The molecule has 2 aromatic rings. The first kappa shape index (κ1) is 16.2. The third-order valence-electron chi connectivity index (χ3n) is 4.09. The molecular formula is C16H18F2N4O2. The molecule has 24 heavy (non-hydrogen) atoms. The SMILES string of the molecule is O=C(Nc1ccccc1OC(F)F)N1CCC(c2cnc[nH]2)CC1.